The Balaban J connectivity index is 1.47. The standard InChI is InChI=1S/C25H30ClF2N3O4/c1-14-8-16(9-23(32)33)31(12-14)18-4-5-21(25(28)24(18)27)35-20-6-7-30(13-15(20)2)19-10-22(34-3)29-11-17(19)26/h4-5,10-11,14-16,20H,6-9,12-13H2,1-3H3,(H,32,33)/t14-,15?,16-,20?/m1/s1. The van der Waals surface area contributed by atoms with Crippen LogP contribution in [0, 0.1) is 23.5 Å². The van der Waals surface area contributed by atoms with Gasteiger partial charge in [0.05, 0.1) is 36.1 Å². The van der Waals surface area contributed by atoms with Gasteiger partial charge in [-0.1, -0.05) is 25.4 Å². The minimum absolute atomic E-state index is 0.0143. The molecule has 2 fully saturated rings. The van der Waals surface area contributed by atoms with Crippen molar-refractivity contribution in [2.24, 2.45) is 11.8 Å². The van der Waals surface area contributed by atoms with Gasteiger partial charge in [-0.05, 0) is 24.5 Å². The molecule has 2 saturated heterocycles. The van der Waals surface area contributed by atoms with E-state index in [0.29, 0.717) is 43.4 Å². The highest BCUT2D eigenvalue weighted by molar-refractivity contribution is 6.33. The van der Waals surface area contributed by atoms with Gasteiger partial charge < -0.3 is 24.4 Å². The van der Waals surface area contributed by atoms with Crippen LogP contribution in [0.5, 0.6) is 11.6 Å². The van der Waals surface area contributed by atoms with E-state index in [4.69, 9.17) is 21.1 Å². The number of hydrogen-bond acceptors (Lipinski definition) is 6. The first-order chi connectivity index (χ1) is 16.7. The van der Waals surface area contributed by atoms with Crippen molar-refractivity contribution in [1.29, 1.82) is 0 Å². The number of hydrogen-bond donors (Lipinski definition) is 1. The molecule has 10 heteroatoms. The van der Waals surface area contributed by atoms with Crippen LogP contribution >= 0.6 is 11.6 Å². The number of methoxy groups -OCH3 is 1. The van der Waals surface area contributed by atoms with E-state index in [-0.39, 0.29) is 41.8 Å². The molecule has 1 aromatic carbocycles. The minimum atomic E-state index is -1.05. The van der Waals surface area contributed by atoms with Gasteiger partial charge in [-0.2, -0.15) is 4.39 Å². The Morgan fingerprint density at radius 2 is 2.00 bits per heavy atom. The monoisotopic (exact) mass is 509 g/mol. The van der Waals surface area contributed by atoms with Crippen molar-refractivity contribution in [3.63, 3.8) is 0 Å². The van der Waals surface area contributed by atoms with Crippen molar-refractivity contribution in [3.05, 3.63) is 41.1 Å². The van der Waals surface area contributed by atoms with Gasteiger partial charge in [-0.3, -0.25) is 4.79 Å². The number of carboxylic acid groups (broad SMARTS) is 1. The number of carboxylic acids is 1. The molecule has 35 heavy (non-hydrogen) atoms. The first-order valence-corrected chi connectivity index (χ1v) is 12.1. The Bertz CT molecular complexity index is 1090. The summed E-state index contributed by atoms with van der Waals surface area (Å²) in [5.74, 6) is -2.48. The van der Waals surface area contributed by atoms with Crippen LogP contribution in [-0.2, 0) is 4.79 Å². The van der Waals surface area contributed by atoms with Crippen LogP contribution in [0.2, 0.25) is 5.02 Å². The number of halogens is 3. The van der Waals surface area contributed by atoms with Gasteiger partial charge in [0.1, 0.15) is 6.10 Å². The van der Waals surface area contributed by atoms with Crippen molar-refractivity contribution in [1.82, 2.24) is 4.98 Å². The predicted molar refractivity (Wildman–Crippen MR) is 130 cm³/mol. The molecule has 7 nitrogen and oxygen atoms in total. The molecule has 3 heterocycles. The van der Waals surface area contributed by atoms with Gasteiger partial charge in [-0.25, -0.2) is 9.37 Å². The maximum atomic E-state index is 15.1. The zero-order valence-electron chi connectivity index (χ0n) is 20.0. The maximum Gasteiger partial charge on any atom is 0.305 e. The smallest absolute Gasteiger partial charge is 0.305 e. The van der Waals surface area contributed by atoms with Crippen molar-refractivity contribution in [2.45, 2.75) is 45.3 Å². The summed E-state index contributed by atoms with van der Waals surface area (Å²) in [6.07, 6.45) is 2.34. The topological polar surface area (TPSA) is 75.1 Å². The molecule has 0 saturated carbocycles. The van der Waals surface area contributed by atoms with Crippen molar-refractivity contribution >= 4 is 28.9 Å². The SMILES string of the molecule is COc1cc(N2CCC(Oc3ccc(N4C[C@H](C)C[C@@H]4CC(=O)O)c(F)c3F)C(C)C2)c(Cl)cn1. The lowest BCUT2D eigenvalue weighted by molar-refractivity contribution is -0.137. The molecule has 4 rings (SSSR count). The predicted octanol–water partition coefficient (Wildman–Crippen LogP) is 5.01. The van der Waals surface area contributed by atoms with Crippen LogP contribution in [0.15, 0.2) is 24.4 Å². The zero-order chi connectivity index (χ0) is 25.3. The number of ether oxygens (including phenoxy) is 2. The van der Waals surface area contributed by atoms with Crippen LogP contribution in [0.4, 0.5) is 20.2 Å². The summed E-state index contributed by atoms with van der Waals surface area (Å²) in [5.41, 5.74) is 0.885. The zero-order valence-corrected chi connectivity index (χ0v) is 20.8. The Hall–Kier alpha value is -2.81. The first kappa shape index (κ1) is 25.3. The van der Waals surface area contributed by atoms with E-state index in [1.807, 2.05) is 13.8 Å². The van der Waals surface area contributed by atoms with Crippen LogP contribution in [0.25, 0.3) is 0 Å². The number of pyridine rings is 1. The molecule has 190 valence electrons. The van der Waals surface area contributed by atoms with Crippen molar-refractivity contribution < 1.29 is 28.2 Å². The van der Waals surface area contributed by atoms with Gasteiger partial charge in [0, 0.05) is 44.1 Å². The van der Waals surface area contributed by atoms with Gasteiger partial charge in [0.2, 0.25) is 11.7 Å². The lowest BCUT2D eigenvalue weighted by Gasteiger charge is -2.38. The highest BCUT2D eigenvalue weighted by Crippen LogP contribution is 2.37. The minimum Gasteiger partial charge on any atom is -0.487 e. The number of rotatable bonds is 7. The highest BCUT2D eigenvalue weighted by atomic mass is 35.5. The van der Waals surface area contributed by atoms with Gasteiger partial charge in [0.15, 0.2) is 11.6 Å². The summed E-state index contributed by atoms with van der Waals surface area (Å²) >= 11 is 6.34. The lowest BCUT2D eigenvalue weighted by atomic mass is 9.96. The van der Waals surface area contributed by atoms with E-state index in [1.54, 1.807) is 17.2 Å². The molecule has 0 aliphatic carbocycles. The molecule has 0 radical (unpaired) electrons. The van der Waals surface area contributed by atoms with Crippen LogP contribution in [0.1, 0.15) is 33.1 Å². The third-order valence-corrected chi connectivity index (χ3v) is 7.13. The second kappa shape index (κ2) is 10.4. The molecule has 2 aromatic rings. The van der Waals surface area contributed by atoms with E-state index in [0.717, 1.165) is 5.69 Å². The Labute approximate surface area is 208 Å². The van der Waals surface area contributed by atoms with Gasteiger partial charge in [0.25, 0.3) is 0 Å². The Kier molecular flexibility index (Phi) is 7.54. The molecule has 1 aromatic heterocycles. The van der Waals surface area contributed by atoms with E-state index in [1.165, 1.54) is 19.2 Å². The molecule has 4 atom stereocenters. The number of nitrogens with zero attached hydrogens (tertiary/aromatic N) is 3. The first-order valence-electron chi connectivity index (χ1n) is 11.8. The number of anilines is 2. The summed E-state index contributed by atoms with van der Waals surface area (Å²) in [6, 6.07) is 4.34. The van der Waals surface area contributed by atoms with Crippen molar-refractivity contribution in [3.8, 4) is 11.6 Å². The van der Waals surface area contributed by atoms with Crippen molar-refractivity contribution in [2.75, 3.05) is 36.5 Å². The fraction of sp³-hybridized carbons (Fsp3) is 0.520. The highest BCUT2D eigenvalue weighted by Gasteiger charge is 2.35. The third-order valence-electron chi connectivity index (χ3n) is 6.83. The average molecular weight is 510 g/mol. The number of piperidine rings is 1. The third kappa shape index (κ3) is 5.39. The van der Waals surface area contributed by atoms with E-state index in [2.05, 4.69) is 9.88 Å². The number of benzene rings is 1. The van der Waals surface area contributed by atoms with Gasteiger partial charge in [-0.15, -0.1) is 0 Å². The summed E-state index contributed by atoms with van der Waals surface area (Å²) in [7, 11) is 1.54. The maximum absolute atomic E-state index is 15.1. The number of carbonyl (C=O) groups is 1. The Morgan fingerprint density at radius 1 is 1.23 bits per heavy atom. The largest absolute Gasteiger partial charge is 0.487 e. The van der Waals surface area contributed by atoms with Crippen LogP contribution in [0.3, 0.4) is 0 Å². The molecular weight excluding hydrogens is 480 g/mol. The average Bonchev–Trinajstić information content (AvgIpc) is 3.17. The number of aliphatic carboxylic acids is 1. The molecule has 0 bridgehead atoms. The van der Waals surface area contributed by atoms with E-state index >= 15 is 8.78 Å². The summed E-state index contributed by atoms with van der Waals surface area (Å²) in [5, 5.41) is 9.71. The molecular formula is C25H30ClF2N3O4. The molecule has 2 unspecified atom stereocenters. The molecule has 2 aliphatic heterocycles. The normalized spacial score (nSPS) is 24.5. The molecule has 0 amide bonds. The molecule has 2 aliphatic rings. The number of aromatic nitrogens is 1. The molecule has 0 spiro atoms. The van der Waals surface area contributed by atoms with E-state index < -0.39 is 17.6 Å². The second-order valence-corrected chi connectivity index (χ2v) is 9.91. The summed E-state index contributed by atoms with van der Waals surface area (Å²) in [6.45, 7) is 5.68. The summed E-state index contributed by atoms with van der Waals surface area (Å²) < 4.78 is 41.3. The fourth-order valence-electron chi connectivity index (χ4n) is 5.12. The second-order valence-electron chi connectivity index (χ2n) is 9.50. The summed E-state index contributed by atoms with van der Waals surface area (Å²) in [4.78, 5) is 19.1. The fourth-order valence-corrected chi connectivity index (χ4v) is 5.34. The quantitative estimate of drug-likeness (QED) is 0.562. The Morgan fingerprint density at radius 3 is 2.69 bits per heavy atom. The van der Waals surface area contributed by atoms with Crippen LogP contribution < -0.4 is 19.3 Å². The molecule has 1 N–H and O–H groups in total. The lowest BCUT2D eigenvalue weighted by Crippen LogP contribution is -2.44. The van der Waals surface area contributed by atoms with Crippen LogP contribution in [-0.4, -0.2) is 54.9 Å². The van der Waals surface area contributed by atoms with Gasteiger partial charge >= 0.3 is 5.97 Å². The van der Waals surface area contributed by atoms with E-state index in [9.17, 15) is 9.90 Å².